The SMILES string of the molecule is NCC(=O)c1ccc(O)c(N=Nc2ccccc2[N+](=O)[O-])c1. The first-order chi connectivity index (χ1) is 10.5. The van der Waals surface area contributed by atoms with Crippen molar-refractivity contribution < 1.29 is 14.8 Å². The molecule has 0 spiro atoms. The van der Waals surface area contributed by atoms with E-state index in [0.29, 0.717) is 0 Å². The first-order valence-electron chi connectivity index (χ1n) is 6.24. The number of phenolic OH excluding ortho intramolecular Hbond substituents is 1. The molecule has 2 rings (SSSR count). The fraction of sp³-hybridized carbons (Fsp3) is 0.0714. The van der Waals surface area contributed by atoms with E-state index < -0.39 is 4.92 Å². The van der Waals surface area contributed by atoms with Gasteiger partial charge in [-0.15, -0.1) is 10.2 Å². The fourth-order valence-electron chi connectivity index (χ4n) is 1.71. The van der Waals surface area contributed by atoms with Crippen LogP contribution in [-0.2, 0) is 0 Å². The monoisotopic (exact) mass is 300 g/mol. The van der Waals surface area contributed by atoms with Crippen molar-refractivity contribution >= 4 is 22.8 Å². The molecule has 2 aromatic rings. The second kappa shape index (κ2) is 6.55. The number of nitrogens with two attached hydrogens (primary N) is 1. The van der Waals surface area contributed by atoms with Crippen LogP contribution < -0.4 is 5.73 Å². The molecule has 0 fully saturated rings. The summed E-state index contributed by atoms with van der Waals surface area (Å²) in [6.45, 7) is -0.175. The summed E-state index contributed by atoms with van der Waals surface area (Å²) >= 11 is 0. The second-order valence-corrected chi connectivity index (χ2v) is 4.28. The maximum absolute atomic E-state index is 11.5. The number of aromatic hydroxyl groups is 1. The van der Waals surface area contributed by atoms with Crippen LogP contribution in [0.15, 0.2) is 52.7 Å². The zero-order chi connectivity index (χ0) is 16.1. The van der Waals surface area contributed by atoms with Crippen LogP contribution in [0.5, 0.6) is 5.75 Å². The van der Waals surface area contributed by atoms with Gasteiger partial charge in [0.1, 0.15) is 11.4 Å². The van der Waals surface area contributed by atoms with E-state index >= 15 is 0 Å². The molecule has 112 valence electrons. The lowest BCUT2D eigenvalue weighted by atomic mass is 10.1. The Balaban J connectivity index is 2.38. The van der Waals surface area contributed by atoms with Crippen molar-refractivity contribution in [2.24, 2.45) is 16.0 Å². The molecule has 8 heteroatoms. The molecule has 22 heavy (non-hydrogen) atoms. The van der Waals surface area contributed by atoms with Gasteiger partial charge in [-0.25, -0.2) is 0 Å². The Morgan fingerprint density at radius 3 is 2.55 bits per heavy atom. The molecule has 0 bridgehead atoms. The van der Waals surface area contributed by atoms with Crippen LogP contribution >= 0.6 is 0 Å². The van der Waals surface area contributed by atoms with Crippen LogP contribution in [0, 0.1) is 10.1 Å². The molecule has 0 saturated heterocycles. The van der Waals surface area contributed by atoms with Crippen LogP contribution in [-0.4, -0.2) is 22.4 Å². The predicted octanol–water partition coefficient (Wildman–Crippen LogP) is 2.86. The topological polar surface area (TPSA) is 131 Å². The number of nitro groups is 1. The summed E-state index contributed by atoms with van der Waals surface area (Å²) in [5.41, 5.74) is 5.41. The highest BCUT2D eigenvalue weighted by Gasteiger charge is 2.12. The van der Waals surface area contributed by atoms with E-state index in [1.165, 1.54) is 36.4 Å². The number of nitrogens with zero attached hydrogens (tertiary/aromatic N) is 3. The van der Waals surface area contributed by atoms with Gasteiger partial charge in [0, 0.05) is 11.6 Å². The van der Waals surface area contributed by atoms with E-state index in [0.717, 1.165) is 0 Å². The first kappa shape index (κ1) is 15.3. The van der Waals surface area contributed by atoms with Gasteiger partial charge in [0.25, 0.3) is 5.69 Å². The van der Waals surface area contributed by atoms with Crippen molar-refractivity contribution in [3.63, 3.8) is 0 Å². The average Bonchev–Trinajstić information content (AvgIpc) is 2.53. The Morgan fingerprint density at radius 1 is 1.18 bits per heavy atom. The third kappa shape index (κ3) is 3.30. The third-order valence-corrected chi connectivity index (χ3v) is 2.83. The molecule has 0 heterocycles. The number of phenols is 1. The molecular formula is C14H12N4O4. The lowest BCUT2D eigenvalue weighted by molar-refractivity contribution is -0.384. The van der Waals surface area contributed by atoms with E-state index in [1.807, 2.05) is 0 Å². The molecule has 0 aliphatic heterocycles. The smallest absolute Gasteiger partial charge is 0.296 e. The quantitative estimate of drug-likeness (QED) is 0.379. The molecule has 0 unspecified atom stereocenters. The summed E-state index contributed by atoms with van der Waals surface area (Å²) in [6, 6.07) is 9.83. The van der Waals surface area contributed by atoms with Crippen LogP contribution in [0.3, 0.4) is 0 Å². The largest absolute Gasteiger partial charge is 0.506 e. The maximum atomic E-state index is 11.5. The first-order valence-corrected chi connectivity index (χ1v) is 6.24. The zero-order valence-corrected chi connectivity index (χ0v) is 11.3. The minimum absolute atomic E-state index is 0.0254. The second-order valence-electron chi connectivity index (χ2n) is 4.28. The van der Waals surface area contributed by atoms with Crippen molar-refractivity contribution in [3.8, 4) is 5.75 Å². The van der Waals surface area contributed by atoms with E-state index in [1.54, 1.807) is 6.07 Å². The zero-order valence-electron chi connectivity index (χ0n) is 11.3. The standard InChI is InChI=1S/C14H12N4O4/c15-8-14(20)9-5-6-13(19)11(7-9)17-16-10-3-1-2-4-12(10)18(21)22/h1-7,19H,8,15H2. The fourth-order valence-corrected chi connectivity index (χ4v) is 1.71. The Bertz CT molecular complexity index is 758. The molecule has 0 saturated carbocycles. The van der Waals surface area contributed by atoms with Crippen LogP contribution in [0.4, 0.5) is 17.1 Å². The van der Waals surface area contributed by atoms with Gasteiger partial charge in [-0.1, -0.05) is 12.1 Å². The van der Waals surface area contributed by atoms with Gasteiger partial charge in [0.05, 0.1) is 11.5 Å². The molecule has 2 aromatic carbocycles. The molecule has 0 atom stereocenters. The molecule has 3 N–H and O–H groups in total. The third-order valence-electron chi connectivity index (χ3n) is 2.83. The lowest BCUT2D eigenvalue weighted by Gasteiger charge is -2.02. The van der Waals surface area contributed by atoms with E-state index in [-0.39, 0.29) is 40.7 Å². The number of Topliss-reactive ketones (excluding diaryl/α,β-unsaturated/α-hetero) is 1. The van der Waals surface area contributed by atoms with E-state index in [4.69, 9.17) is 5.73 Å². The Kier molecular flexibility index (Phi) is 4.54. The molecule has 0 aliphatic carbocycles. The van der Waals surface area contributed by atoms with Gasteiger partial charge in [-0.05, 0) is 24.3 Å². The summed E-state index contributed by atoms with van der Waals surface area (Å²) in [5, 5.41) is 28.1. The van der Waals surface area contributed by atoms with Crippen LogP contribution in [0.1, 0.15) is 10.4 Å². The summed E-state index contributed by atoms with van der Waals surface area (Å²) in [7, 11) is 0. The number of carbonyl (C=O) groups excluding carboxylic acids is 1. The molecule has 0 aliphatic rings. The normalized spacial score (nSPS) is 10.8. The lowest BCUT2D eigenvalue weighted by Crippen LogP contribution is -2.13. The van der Waals surface area contributed by atoms with Crippen molar-refractivity contribution in [2.75, 3.05) is 6.54 Å². The Hall–Kier alpha value is -3.13. The summed E-state index contributed by atoms with van der Waals surface area (Å²) in [5.74, 6) is -0.516. The van der Waals surface area contributed by atoms with Gasteiger partial charge in [0.2, 0.25) is 0 Å². The number of hydrogen-bond acceptors (Lipinski definition) is 7. The van der Waals surface area contributed by atoms with Gasteiger partial charge < -0.3 is 10.8 Å². The highest BCUT2D eigenvalue weighted by Crippen LogP contribution is 2.32. The van der Waals surface area contributed by atoms with Gasteiger partial charge in [-0.3, -0.25) is 14.9 Å². The molecule has 0 amide bonds. The van der Waals surface area contributed by atoms with Gasteiger partial charge in [0.15, 0.2) is 11.5 Å². The minimum atomic E-state index is -0.581. The number of carbonyl (C=O) groups is 1. The molecule has 0 radical (unpaired) electrons. The molecular weight excluding hydrogens is 288 g/mol. The number of hydrogen-bond donors (Lipinski definition) is 2. The number of rotatable bonds is 5. The van der Waals surface area contributed by atoms with Crippen LogP contribution in [0.2, 0.25) is 0 Å². The van der Waals surface area contributed by atoms with E-state index in [2.05, 4.69) is 10.2 Å². The molecule has 0 aromatic heterocycles. The highest BCUT2D eigenvalue weighted by molar-refractivity contribution is 5.98. The van der Waals surface area contributed by atoms with Crippen LogP contribution in [0.25, 0.3) is 0 Å². The van der Waals surface area contributed by atoms with Gasteiger partial charge >= 0.3 is 0 Å². The number of azo groups is 1. The van der Waals surface area contributed by atoms with Crippen molar-refractivity contribution in [2.45, 2.75) is 0 Å². The number of ketones is 1. The van der Waals surface area contributed by atoms with Crippen molar-refractivity contribution in [3.05, 3.63) is 58.1 Å². The summed E-state index contributed by atoms with van der Waals surface area (Å²) in [4.78, 5) is 21.8. The van der Waals surface area contributed by atoms with Crippen molar-refractivity contribution in [1.82, 2.24) is 0 Å². The molecule has 8 nitrogen and oxygen atoms in total. The Labute approximate surface area is 125 Å². The minimum Gasteiger partial charge on any atom is -0.506 e. The predicted molar refractivity (Wildman–Crippen MR) is 78.8 cm³/mol. The average molecular weight is 300 g/mol. The maximum Gasteiger partial charge on any atom is 0.296 e. The van der Waals surface area contributed by atoms with E-state index in [9.17, 15) is 20.0 Å². The number of para-hydroxylation sites is 1. The Morgan fingerprint density at radius 2 is 1.86 bits per heavy atom. The summed E-state index contributed by atoms with van der Waals surface area (Å²) < 4.78 is 0. The summed E-state index contributed by atoms with van der Waals surface area (Å²) in [6.07, 6.45) is 0. The van der Waals surface area contributed by atoms with Crippen molar-refractivity contribution in [1.29, 1.82) is 0 Å². The highest BCUT2D eigenvalue weighted by atomic mass is 16.6. The number of nitro benzene ring substituents is 1. The number of benzene rings is 2. The van der Waals surface area contributed by atoms with Gasteiger partial charge in [-0.2, -0.15) is 0 Å².